The second-order valence-corrected chi connectivity index (χ2v) is 8.75. The maximum Gasteiger partial charge on any atom is 0.233 e. The van der Waals surface area contributed by atoms with E-state index in [1.165, 1.54) is 38.3 Å². The molecule has 3 aromatic rings. The Morgan fingerprint density at radius 1 is 1.16 bits per heavy atom. The highest BCUT2D eigenvalue weighted by Crippen LogP contribution is 2.37. The number of nitrogens with one attached hydrogen (secondary N) is 1. The predicted octanol–water partition coefficient (Wildman–Crippen LogP) is 3.17. The van der Waals surface area contributed by atoms with Crippen molar-refractivity contribution >= 4 is 5.82 Å². The molecule has 3 heterocycles. The van der Waals surface area contributed by atoms with Gasteiger partial charge in [0.2, 0.25) is 5.88 Å². The van der Waals surface area contributed by atoms with Gasteiger partial charge in [-0.1, -0.05) is 0 Å². The van der Waals surface area contributed by atoms with Gasteiger partial charge < -0.3 is 20.1 Å². The van der Waals surface area contributed by atoms with Crippen LogP contribution in [0.2, 0.25) is 0 Å². The number of nitrogens with zero attached hydrogens (tertiary/aromatic N) is 5. The Bertz CT molecular complexity index is 1140. The van der Waals surface area contributed by atoms with Crippen LogP contribution in [0.15, 0.2) is 36.5 Å². The summed E-state index contributed by atoms with van der Waals surface area (Å²) >= 11 is 0. The lowest BCUT2D eigenvalue weighted by molar-refractivity contribution is 0.392. The number of benzene rings is 1. The molecule has 166 valence electrons. The van der Waals surface area contributed by atoms with Crippen LogP contribution in [0.1, 0.15) is 26.2 Å². The SMILES string of the molecule is COc1cc(-c2cc(O)c(-c3ccc(N4CC[C@@H](NC5(C)CC5)C4)nn3)cc2F)cnn1. The van der Waals surface area contributed by atoms with Crippen LogP contribution >= 0.6 is 0 Å². The monoisotopic (exact) mass is 436 g/mol. The Morgan fingerprint density at radius 3 is 2.72 bits per heavy atom. The second kappa shape index (κ2) is 7.98. The number of phenols is 1. The molecule has 1 aliphatic carbocycles. The fourth-order valence-corrected chi connectivity index (χ4v) is 4.13. The number of methoxy groups -OCH3 is 1. The lowest BCUT2D eigenvalue weighted by Gasteiger charge is -2.20. The van der Waals surface area contributed by atoms with E-state index < -0.39 is 5.82 Å². The second-order valence-electron chi connectivity index (χ2n) is 8.75. The number of ether oxygens (including phenoxy) is 1. The molecule has 2 aromatic heterocycles. The van der Waals surface area contributed by atoms with Crippen LogP contribution in [0.3, 0.4) is 0 Å². The first-order chi connectivity index (χ1) is 15.4. The molecule has 2 N–H and O–H groups in total. The highest BCUT2D eigenvalue weighted by atomic mass is 19.1. The molecule has 32 heavy (non-hydrogen) atoms. The van der Waals surface area contributed by atoms with Crippen molar-refractivity contribution in [2.45, 2.75) is 37.8 Å². The summed E-state index contributed by atoms with van der Waals surface area (Å²) in [7, 11) is 1.46. The third kappa shape index (κ3) is 4.08. The Balaban J connectivity index is 1.34. The van der Waals surface area contributed by atoms with Gasteiger partial charge in [-0.3, -0.25) is 0 Å². The number of anilines is 1. The van der Waals surface area contributed by atoms with Crippen LogP contribution in [-0.4, -0.2) is 57.3 Å². The average molecular weight is 436 g/mol. The van der Waals surface area contributed by atoms with Crippen molar-refractivity contribution in [3.63, 3.8) is 0 Å². The molecule has 1 aromatic carbocycles. The maximum atomic E-state index is 14.9. The smallest absolute Gasteiger partial charge is 0.233 e. The fourth-order valence-electron chi connectivity index (χ4n) is 4.13. The summed E-state index contributed by atoms with van der Waals surface area (Å²) in [4.78, 5) is 2.20. The van der Waals surface area contributed by atoms with E-state index in [2.05, 4.69) is 37.5 Å². The molecule has 0 bridgehead atoms. The van der Waals surface area contributed by atoms with Crippen molar-refractivity contribution in [1.29, 1.82) is 0 Å². The van der Waals surface area contributed by atoms with Gasteiger partial charge in [-0.25, -0.2) is 4.39 Å². The number of aromatic nitrogens is 4. The van der Waals surface area contributed by atoms with Crippen LogP contribution in [0.5, 0.6) is 11.6 Å². The summed E-state index contributed by atoms with van der Waals surface area (Å²) in [6, 6.07) is 8.25. The number of phenolic OH excluding ortho intramolecular Hbond substituents is 1. The molecule has 1 saturated heterocycles. The quantitative estimate of drug-likeness (QED) is 0.608. The van der Waals surface area contributed by atoms with E-state index in [0.717, 1.165) is 25.3 Å². The Hall–Kier alpha value is -3.33. The van der Waals surface area contributed by atoms with Crippen LogP contribution in [0.25, 0.3) is 22.4 Å². The molecule has 9 heteroatoms. The molecule has 0 unspecified atom stereocenters. The maximum absolute atomic E-state index is 14.9. The van der Waals surface area contributed by atoms with E-state index in [1.54, 1.807) is 12.1 Å². The van der Waals surface area contributed by atoms with Gasteiger partial charge in [0.25, 0.3) is 0 Å². The number of halogens is 1. The largest absolute Gasteiger partial charge is 0.507 e. The number of hydrogen-bond acceptors (Lipinski definition) is 8. The van der Waals surface area contributed by atoms with E-state index in [4.69, 9.17) is 4.74 Å². The summed E-state index contributed by atoms with van der Waals surface area (Å²) in [6.07, 6.45) is 4.96. The molecule has 1 saturated carbocycles. The van der Waals surface area contributed by atoms with E-state index in [9.17, 15) is 9.50 Å². The lowest BCUT2D eigenvalue weighted by atomic mass is 10.0. The molecule has 8 nitrogen and oxygen atoms in total. The van der Waals surface area contributed by atoms with Crippen molar-refractivity contribution in [3.05, 3.63) is 42.3 Å². The highest BCUT2D eigenvalue weighted by molar-refractivity contribution is 5.75. The minimum Gasteiger partial charge on any atom is -0.507 e. The first-order valence-corrected chi connectivity index (χ1v) is 10.7. The first kappa shape index (κ1) is 20.6. The summed E-state index contributed by atoms with van der Waals surface area (Å²) in [5, 5.41) is 30.5. The molecule has 1 atom stereocenters. The first-order valence-electron chi connectivity index (χ1n) is 10.7. The summed E-state index contributed by atoms with van der Waals surface area (Å²) in [6.45, 7) is 4.07. The molecular formula is C23H25FN6O2. The molecule has 0 amide bonds. The molecule has 2 aliphatic rings. The number of aromatic hydroxyl groups is 1. The third-order valence-corrected chi connectivity index (χ3v) is 6.23. The zero-order valence-electron chi connectivity index (χ0n) is 18.0. The highest BCUT2D eigenvalue weighted by Gasteiger charge is 2.40. The van der Waals surface area contributed by atoms with Crippen LogP contribution in [-0.2, 0) is 0 Å². The van der Waals surface area contributed by atoms with E-state index in [0.29, 0.717) is 22.8 Å². The van der Waals surface area contributed by atoms with Gasteiger partial charge in [0.1, 0.15) is 11.6 Å². The van der Waals surface area contributed by atoms with Gasteiger partial charge in [-0.15, -0.1) is 15.3 Å². The van der Waals surface area contributed by atoms with Crippen molar-refractivity contribution < 1.29 is 14.2 Å². The average Bonchev–Trinajstić information content (AvgIpc) is 3.35. The Morgan fingerprint density at radius 2 is 2.00 bits per heavy atom. The fraction of sp³-hybridized carbons (Fsp3) is 0.391. The van der Waals surface area contributed by atoms with Gasteiger partial charge in [0.15, 0.2) is 5.82 Å². The van der Waals surface area contributed by atoms with Crippen LogP contribution in [0.4, 0.5) is 10.2 Å². The van der Waals surface area contributed by atoms with Crippen molar-refractivity contribution in [2.75, 3.05) is 25.1 Å². The molecule has 0 radical (unpaired) electrons. The summed E-state index contributed by atoms with van der Waals surface area (Å²) in [5.41, 5.74) is 1.64. The number of rotatable bonds is 6. The zero-order valence-corrected chi connectivity index (χ0v) is 18.0. The standard InChI is InChI=1S/C23H25FN6O2/c1-23(6-7-23)26-15-5-8-30(13-15)21-4-3-19(27-28-21)17-10-18(24)16(11-20(17)31)14-9-22(32-2)29-25-12-14/h3-4,9-12,15,26,31H,5-8,13H2,1-2H3/t15-/m1/s1. The summed E-state index contributed by atoms with van der Waals surface area (Å²) < 4.78 is 19.9. The van der Waals surface area contributed by atoms with E-state index >= 15 is 0 Å². The van der Waals surface area contributed by atoms with Crippen LogP contribution in [0, 0.1) is 5.82 Å². The number of hydrogen-bond donors (Lipinski definition) is 2. The van der Waals surface area contributed by atoms with Crippen LogP contribution < -0.4 is 15.0 Å². The van der Waals surface area contributed by atoms with Gasteiger partial charge in [-0.2, -0.15) is 5.10 Å². The van der Waals surface area contributed by atoms with Gasteiger partial charge >= 0.3 is 0 Å². The third-order valence-electron chi connectivity index (χ3n) is 6.23. The van der Waals surface area contributed by atoms with Crippen molar-refractivity contribution in [1.82, 2.24) is 25.7 Å². The predicted molar refractivity (Wildman–Crippen MR) is 118 cm³/mol. The molecular weight excluding hydrogens is 411 g/mol. The van der Waals surface area contributed by atoms with Crippen molar-refractivity contribution in [3.8, 4) is 34.0 Å². The Labute approximate surface area is 185 Å². The van der Waals surface area contributed by atoms with Gasteiger partial charge in [0, 0.05) is 47.4 Å². The molecule has 0 spiro atoms. The van der Waals surface area contributed by atoms with Gasteiger partial charge in [-0.05, 0) is 50.5 Å². The zero-order chi connectivity index (χ0) is 22.3. The lowest BCUT2D eigenvalue weighted by Crippen LogP contribution is -2.40. The van der Waals surface area contributed by atoms with Crippen molar-refractivity contribution in [2.24, 2.45) is 0 Å². The van der Waals surface area contributed by atoms with E-state index in [-0.39, 0.29) is 22.8 Å². The minimum absolute atomic E-state index is 0.0951. The topological polar surface area (TPSA) is 96.3 Å². The summed E-state index contributed by atoms with van der Waals surface area (Å²) in [5.74, 6) is 0.436. The van der Waals surface area contributed by atoms with Gasteiger partial charge in [0.05, 0.1) is 19.0 Å². The van der Waals surface area contributed by atoms with E-state index in [1.807, 2.05) is 6.07 Å². The molecule has 1 aliphatic heterocycles. The minimum atomic E-state index is -0.513. The normalized spacial score (nSPS) is 19.2. The molecule has 2 fully saturated rings. The Kier molecular flexibility index (Phi) is 5.13. The molecule has 5 rings (SSSR count).